The number of ether oxygens (including phenoxy) is 2. The van der Waals surface area contributed by atoms with Gasteiger partial charge in [-0.1, -0.05) is 13.8 Å². The zero-order valence-corrected chi connectivity index (χ0v) is 13.3. The molecule has 0 saturated carbocycles. The second-order valence-electron chi connectivity index (χ2n) is 5.42. The highest BCUT2D eigenvalue weighted by atomic mass is 32.3. The normalized spacial score (nSPS) is 18.7. The Bertz CT molecular complexity index is 429. The molecule has 0 spiro atoms. The van der Waals surface area contributed by atoms with E-state index in [-0.39, 0.29) is 25.1 Å². The number of nitrogens with zero attached hydrogens (tertiary/aromatic N) is 1. The summed E-state index contributed by atoms with van der Waals surface area (Å²) >= 11 is 0. The quantitative estimate of drug-likeness (QED) is 0.376. The predicted octanol–water partition coefficient (Wildman–Crippen LogP) is -0.148. The van der Waals surface area contributed by atoms with Crippen molar-refractivity contribution < 1.29 is 35.9 Å². The van der Waals surface area contributed by atoms with Gasteiger partial charge in [-0.15, -0.1) is 0 Å². The molecule has 1 aliphatic heterocycles. The highest BCUT2D eigenvalue weighted by molar-refractivity contribution is 7.80. The molecule has 1 saturated heterocycles. The molecule has 21 heavy (non-hydrogen) atoms. The average molecular weight is 326 g/mol. The summed E-state index contributed by atoms with van der Waals surface area (Å²) in [5.41, 5.74) is 0. The first-order chi connectivity index (χ1) is 9.74. The summed E-state index contributed by atoms with van der Waals surface area (Å²) in [6, 6.07) is 0. The Hall–Kier alpha value is -0.740. The average Bonchev–Trinajstić information content (AvgIpc) is 2.38. The van der Waals surface area contributed by atoms with E-state index in [0.29, 0.717) is 43.9 Å². The summed E-state index contributed by atoms with van der Waals surface area (Å²) in [6.07, 6.45) is 0. The number of esters is 1. The van der Waals surface area contributed by atoms with E-state index < -0.39 is 10.4 Å². The monoisotopic (exact) mass is 326 g/mol. The van der Waals surface area contributed by atoms with Crippen LogP contribution in [0.25, 0.3) is 0 Å². The van der Waals surface area contributed by atoms with Gasteiger partial charge in [0.25, 0.3) is 0 Å². The Morgan fingerprint density at radius 3 is 2.33 bits per heavy atom. The van der Waals surface area contributed by atoms with Crippen LogP contribution < -0.4 is 0 Å². The number of carbonyl (C=O) groups is 1. The lowest BCUT2D eigenvalue weighted by molar-refractivity contribution is -0.935. The van der Waals surface area contributed by atoms with E-state index in [2.05, 4.69) is 4.18 Å². The van der Waals surface area contributed by atoms with Crippen molar-refractivity contribution >= 4 is 16.4 Å². The van der Waals surface area contributed by atoms with Gasteiger partial charge in [0.15, 0.2) is 0 Å². The van der Waals surface area contributed by atoms with Crippen LogP contribution in [0.1, 0.15) is 13.8 Å². The first-order valence-electron chi connectivity index (χ1n) is 6.95. The van der Waals surface area contributed by atoms with Crippen molar-refractivity contribution in [3.8, 4) is 0 Å². The molecule has 1 fully saturated rings. The van der Waals surface area contributed by atoms with Gasteiger partial charge in [-0.2, -0.15) is 8.42 Å². The molecule has 0 unspecified atom stereocenters. The fourth-order valence-corrected chi connectivity index (χ4v) is 2.42. The van der Waals surface area contributed by atoms with E-state index in [4.69, 9.17) is 14.0 Å². The molecule has 0 radical (unpaired) electrons. The third kappa shape index (κ3) is 7.18. The Kier molecular flexibility index (Phi) is 7.01. The first-order valence-corrected chi connectivity index (χ1v) is 8.32. The zero-order chi connectivity index (χ0) is 15.9. The van der Waals surface area contributed by atoms with Gasteiger partial charge in [-0.3, -0.25) is 9.35 Å². The van der Waals surface area contributed by atoms with E-state index in [1.807, 2.05) is 0 Å². The Labute approximate surface area is 125 Å². The van der Waals surface area contributed by atoms with Gasteiger partial charge in [0.05, 0.1) is 19.1 Å². The van der Waals surface area contributed by atoms with Crippen molar-refractivity contribution in [1.82, 2.24) is 0 Å². The van der Waals surface area contributed by atoms with Gasteiger partial charge in [0, 0.05) is 0 Å². The van der Waals surface area contributed by atoms with Crippen LogP contribution >= 0.6 is 0 Å². The smallest absolute Gasteiger partial charge is 0.397 e. The Morgan fingerprint density at radius 2 is 1.81 bits per heavy atom. The van der Waals surface area contributed by atoms with Crippen molar-refractivity contribution in [2.45, 2.75) is 13.8 Å². The Balaban J connectivity index is 2.47. The van der Waals surface area contributed by atoms with Gasteiger partial charge in [0.1, 0.15) is 39.4 Å². The third-order valence-corrected chi connectivity index (χ3v) is 3.96. The summed E-state index contributed by atoms with van der Waals surface area (Å²) < 4.78 is 45.2. The maximum Gasteiger partial charge on any atom is 0.397 e. The molecule has 1 heterocycles. The van der Waals surface area contributed by atoms with Crippen molar-refractivity contribution in [2.24, 2.45) is 5.92 Å². The van der Waals surface area contributed by atoms with Gasteiger partial charge < -0.3 is 14.0 Å². The summed E-state index contributed by atoms with van der Waals surface area (Å²) in [6.45, 7) is 7.15. The van der Waals surface area contributed by atoms with E-state index in [9.17, 15) is 13.2 Å². The molecule has 0 aliphatic carbocycles. The third-order valence-electron chi connectivity index (χ3n) is 3.50. The molecule has 0 bridgehead atoms. The van der Waals surface area contributed by atoms with Crippen LogP contribution in [0.5, 0.6) is 0 Å². The van der Waals surface area contributed by atoms with Crippen molar-refractivity contribution in [3.63, 3.8) is 0 Å². The van der Waals surface area contributed by atoms with Crippen LogP contribution in [0, 0.1) is 5.92 Å². The van der Waals surface area contributed by atoms with Crippen molar-refractivity contribution in [1.29, 1.82) is 0 Å². The van der Waals surface area contributed by atoms with Crippen LogP contribution in [-0.2, 0) is 28.9 Å². The standard InChI is InChI=1S/C12H23NO7S/c1-11(2)12(14)19-9-5-13(3-7-18-8-4-13)6-10-20-21(15,16)17/h11H,3-10H2,1-2H3/p+1. The molecule has 1 rings (SSSR count). The highest BCUT2D eigenvalue weighted by Crippen LogP contribution is 2.12. The fourth-order valence-electron chi connectivity index (χ4n) is 2.13. The zero-order valence-electron chi connectivity index (χ0n) is 12.5. The number of rotatable bonds is 8. The molecule has 0 atom stereocenters. The lowest BCUT2D eigenvalue weighted by atomic mass is 10.2. The van der Waals surface area contributed by atoms with E-state index in [1.165, 1.54) is 0 Å². The molecule has 0 aromatic heterocycles. The predicted molar refractivity (Wildman–Crippen MR) is 73.8 cm³/mol. The molecule has 0 aromatic carbocycles. The molecular weight excluding hydrogens is 302 g/mol. The lowest BCUT2D eigenvalue weighted by Gasteiger charge is -2.40. The summed E-state index contributed by atoms with van der Waals surface area (Å²) in [5.74, 6) is -0.429. The van der Waals surface area contributed by atoms with Crippen LogP contribution in [0.4, 0.5) is 0 Å². The van der Waals surface area contributed by atoms with Gasteiger partial charge in [-0.05, 0) is 0 Å². The van der Waals surface area contributed by atoms with Crippen LogP contribution in [0.15, 0.2) is 0 Å². The minimum atomic E-state index is -4.42. The molecule has 0 aromatic rings. The summed E-state index contributed by atoms with van der Waals surface area (Å²) in [7, 11) is -4.42. The number of morpholine rings is 1. The van der Waals surface area contributed by atoms with E-state index >= 15 is 0 Å². The molecule has 9 heteroatoms. The molecule has 1 aliphatic rings. The van der Waals surface area contributed by atoms with Gasteiger partial charge in [-0.25, -0.2) is 4.18 Å². The number of carbonyl (C=O) groups excluding carboxylic acids is 1. The topological polar surface area (TPSA) is 99.1 Å². The largest absolute Gasteiger partial charge is 0.459 e. The lowest BCUT2D eigenvalue weighted by Crippen LogP contribution is -2.58. The number of hydrogen-bond acceptors (Lipinski definition) is 6. The fraction of sp³-hybridized carbons (Fsp3) is 0.917. The minimum Gasteiger partial charge on any atom is -0.459 e. The molecule has 124 valence electrons. The second-order valence-corrected chi connectivity index (χ2v) is 6.51. The number of hydrogen-bond donors (Lipinski definition) is 1. The van der Waals surface area contributed by atoms with Crippen molar-refractivity contribution in [2.75, 3.05) is 52.6 Å². The van der Waals surface area contributed by atoms with Crippen LogP contribution in [0.2, 0.25) is 0 Å². The van der Waals surface area contributed by atoms with Gasteiger partial charge in [0.2, 0.25) is 0 Å². The summed E-state index contributed by atoms with van der Waals surface area (Å²) in [5, 5.41) is 0. The van der Waals surface area contributed by atoms with Crippen LogP contribution in [0.3, 0.4) is 0 Å². The number of quaternary nitrogens is 1. The maximum atomic E-state index is 11.4. The first kappa shape index (κ1) is 18.3. The summed E-state index contributed by atoms with van der Waals surface area (Å²) in [4.78, 5) is 11.4. The SMILES string of the molecule is CC(C)C(=O)OCC[N+]1(CCOS(=O)(=O)O)CCOCC1. The van der Waals surface area contributed by atoms with Gasteiger partial charge >= 0.3 is 16.4 Å². The van der Waals surface area contributed by atoms with Crippen LogP contribution in [-0.4, -0.2) is 76.0 Å². The molecule has 0 amide bonds. The van der Waals surface area contributed by atoms with Crippen molar-refractivity contribution in [3.05, 3.63) is 0 Å². The molecule has 8 nitrogen and oxygen atoms in total. The molecule has 1 N–H and O–H groups in total. The second kappa shape index (κ2) is 8.04. The minimum absolute atomic E-state index is 0.114. The van der Waals surface area contributed by atoms with E-state index in [1.54, 1.807) is 13.8 Å². The molecular formula is C12H24NO7S+. The maximum absolute atomic E-state index is 11.4. The highest BCUT2D eigenvalue weighted by Gasteiger charge is 2.31. The van der Waals surface area contributed by atoms with E-state index in [0.717, 1.165) is 0 Å². The Morgan fingerprint density at radius 1 is 1.24 bits per heavy atom.